The van der Waals surface area contributed by atoms with Crippen molar-refractivity contribution in [3.05, 3.63) is 86.8 Å². The summed E-state index contributed by atoms with van der Waals surface area (Å²) in [5.74, 6) is -2.85. The van der Waals surface area contributed by atoms with Crippen LogP contribution in [-0.2, 0) is 11.3 Å². The van der Waals surface area contributed by atoms with Crippen molar-refractivity contribution < 1.29 is 41.1 Å². The Bertz CT molecular complexity index is 1470. The summed E-state index contributed by atoms with van der Waals surface area (Å²) in [5.41, 5.74) is -2.06. The van der Waals surface area contributed by atoms with Gasteiger partial charge in [-0.05, 0) is 74.0 Å². The topological polar surface area (TPSA) is 96.5 Å². The second kappa shape index (κ2) is 13.5. The highest BCUT2D eigenvalue weighted by molar-refractivity contribution is 9.10. The van der Waals surface area contributed by atoms with Gasteiger partial charge >= 0.3 is 6.18 Å². The molecule has 0 aliphatic carbocycles. The summed E-state index contributed by atoms with van der Waals surface area (Å²) in [4.78, 5) is 38.2. The molecule has 42 heavy (non-hydrogen) atoms. The molecule has 224 valence electrons. The number of anilines is 2. The molecule has 0 aromatic heterocycles. The lowest BCUT2D eigenvalue weighted by Gasteiger charge is -2.26. The van der Waals surface area contributed by atoms with Crippen LogP contribution in [0.3, 0.4) is 0 Å². The molecule has 0 fully saturated rings. The Kier molecular flexibility index (Phi) is 10.6. The van der Waals surface area contributed by atoms with E-state index >= 15 is 0 Å². The zero-order chi connectivity index (χ0) is 31.2. The molecule has 14 heteroatoms. The standard InChI is InChI=1S/C28H24BrClF5N3O4/c1-27(2,28(33,34)35)26(41)36-13-15-3-9-21(30)19(11-15)24(39)38-18-8-10-22(42-14-23(31)32)20(12-18)25(40)37-17-6-4-16(29)5-7-17/h3-12,23H,13-14H2,1-2H3,(H,36,41)(H,37,40)(H,38,39). The summed E-state index contributed by atoms with van der Waals surface area (Å²) in [6.45, 7) is 0.219. The molecular formula is C28H24BrClF5N3O4. The molecule has 0 radical (unpaired) electrons. The molecule has 3 aromatic carbocycles. The van der Waals surface area contributed by atoms with Gasteiger partial charge in [0.05, 0.1) is 16.1 Å². The predicted octanol–water partition coefficient (Wildman–Crippen LogP) is 7.46. The lowest BCUT2D eigenvalue weighted by atomic mass is 9.91. The molecule has 0 unspecified atom stereocenters. The van der Waals surface area contributed by atoms with Crippen molar-refractivity contribution in [1.29, 1.82) is 0 Å². The molecule has 7 nitrogen and oxygen atoms in total. The van der Waals surface area contributed by atoms with Gasteiger partial charge in [-0.2, -0.15) is 13.2 Å². The van der Waals surface area contributed by atoms with Crippen LogP contribution in [0.5, 0.6) is 5.75 Å². The highest BCUT2D eigenvalue weighted by Gasteiger charge is 2.52. The molecule has 0 aliphatic rings. The summed E-state index contributed by atoms with van der Waals surface area (Å²) in [6.07, 6.45) is -7.57. The van der Waals surface area contributed by atoms with Gasteiger partial charge in [0.25, 0.3) is 18.2 Å². The molecule has 3 amide bonds. The molecule has 3 N–H and O–H groups in total. The van der Waals surface area contributed by atoms with E-state index in [1.807, 2.05) is 0 Å². The first-order valence-electron chi connectivity index (χ1n) is 12.1. The van der Waals surface area contributed by atoms with Crippen LogP contribution in [0.4, 0.5) is 33.3 Å². The summed E-state index contributed by atoms with van der Waals surface area (Å²) < 4.78 is 70.9. The first-order chi connectivity index (χ1) is 19.6. The van der Waals surface area contributed by atoms with Gasteiger partial charge < -0.3 is 20.7 Å². The number of ether oxygens (including phenoxy) is 1. The van der Waals surface area contributed by atoms with E-state index < -0.39 is 42.3 Å². The average Bonchev–Trinajstić information content (AvgIpc) is 2.92. The number of amides is 3. The smallest absolute Gasteiger partial charge is 0.402 e. The zero-order valence-electron chi connectivity index (χ0n) is 22.0. The number of rotatable bonds is 10. The van der Waals surface area contributed by atoms with Crippen molar-refractivity contribution in [3.8, 4) is 5.75 Å². The van der Waals surface area contributed by atoms with Gasteiger partial charge in [-0.15, -0.1) is 0 Å². The Balaban J connectivity index is 1.81. The van der Waals surface area contributed by atoms with Crippen LogP contribution in [0, 0.1) is 5.41 Å². The van der Waals surface area contributed by atoms with Crippen LogP contribution in [0.1, 0.15) is 40.1 Å². The Hall–Kier alpha value is -3.71. The molecule has 0 spiro atoms. The van der Waals surface area contributed by atoms with E-state index in [0.29, 0.717) is 11.3 Å². The van der Waals surface area contributed by atoms with Crippen LogP contribution >= 0.6 is 27.5 Å². The van der Waals surface area contributed by atoms with Crippen molar-refractivity contribution >= 4 is 56.6 Å². The minimum Gasteiger partial charge on any atom is -0.487 e. The second-order valence-corrected chi connectivity index (χ2v) is 10.8. The molecule has 0 saturated carbocycles. The number of halogens is 7. The number of nitrogens with one attached hydrogen (secondary N) is 3. The SMILES string of the molecule is CC(C)(C(=O)NCc1ccc(Cl)c(C(=O)Nc2ccc(OCC(F)F)c(C(=O)Nc3ccc(Br)cc3)c2)c1)C(F)(F)F. The van der Waals surface area contributed by atoms with Gasteiger partial charge in [0.2, 0.25) is 5.91 Å². The fraction of sp³-hybridized carbons (Fsp3) is 0.250. The summed E-state index contributed by atoms with van der Waals surface area (Å²) in [5, 5.41) is 7.37. The van der Waals surface area contributed by atoms with E-state index in [1.165, 1.54) is 36.4 Å². The quantitative estimate of drug-likeness (QED) is 0.194. The number of benzene rings is 3. The van der Waals surface area contributed by atoms with Crippen molar-refractivity contribution in [2.45, 2.75) is 33.0 Å². The summed E-state index contributed by atoms with van der Waals surface area (Å²) in [6, 6.07) is 14.4. The maximum absolute atomic E-state index is 13.1. The van der Waals surface area contributed by atoms with Gasteiger partial charge in [0, 0.05) is 22.4 Å². The molecular weight excluding hydrogens is 653 g/mol. The fourth-order valence-corrected chi connectivity index (χ4v) is 3.85. The van der Waals surface area contributed by atoms with Crippen LogP contribution < -0.4 is 20.7 Å². The van der Waals surface area contributed by atoms with Crippen molar-refractivity contribution in [1.82, 2.24) is 5.32 Å². The Morgan fingerprint density at radius 3 is 2.10 bits per heavy atom. The lowest BCUT2D eigenvalue weighted by molar-refractivity contribution is -0.211. The minimum atomic E-state index is -4.77. The molecule has 3 aromatic rings. The van der Waals surface area contributed by atoms with E-state index in [9.17, 15) is 36.3 Å². The molecule has 3 rings (SSSR count). The third-order valence-corrected chi connectivity index (χ3v) is 6.81. The number of hydrogen-bond acceptors (Lipinski definition) is 4. The summed E-state index contributed by atoms with van der Waals surface area (Å²) >= 11 is 9.46. The zero-order valence-corrected chi connectivity index (χ0v) is 24.4. The molecule has 0 atom stereocenters. The molecule has 0 saturated heterocycles. The maximum Gasteiger partial charge on any atom is 0.402 e. The Morgan fingerprint density at radius 1 is 0.881 bits per heavy atom. The number of alkyl halides is 5. The van der Waals surface area contributed by atoms with E-state index in [0.717, 1.165) is 18.3 Å². The Morgan fingerprint density at radius 2 is 1.48 bits per heavy atom. The first-order valence-corrected chi connectivity index (χ1v) is 13.3. The Labute approximate surface area is 250 Å². The average molecular weight is 677 g/mol. The second-order valence-electron chi connectivity index (χ2n) is 9.45. The van der Waals surface area contributed by atoms with Gasteiger partial charge in [0.15, 0.2) is 0 Å². The van der Waals surface area contributed by atoms with E-state index in [1.54, 1.807) is 24.3 Å². The highest BCUT2D eigenvalue weighted by atomic mass is 79.9. The van der Waals surface area contributed by atoms with Crippen molar-refractivity contribution in [2.75, 3.05) is 17.2 Å². The summed E-state index contributed by atoms with van der Waals surface area (Å²) in [7, 11) is 0. The van der Waals surface area contributed by atoms with E-state index in [4.69, 9.17) is 16.3 Å². The third kappa shape index (κ3) is 8.41. The monoisotopic (exact) mass is 675 g/mol. The van der Waals surface area contributed by atoms with Crippen LogP contribution in [0.15, 0.2) is 65.1 Å². The molecule has 0 bridgehead atoms. The maximum atomic E-state index is 13.1. The van der Waals surface area contributed by atoms with Crippen molar-refractivity contribution in [2.24, 2.45) is 5.41 Å². The highest BCUT2D eigenvalue weighted by Crippen LogP contribution is 2.37. The fourth-order valence-electron chi connectivity index (χ4n) is 3.38. The van der Waals surface area contributed by atoms with Crippen LogP contribution in [0.2, 0.25) is 5.02 Å². The molecule has 0 aliphatic heterocycles. The van der Waals surface area contributed by atoms with Gasteiger partial charge in [-0.1, -0.05) is 33.6 Å². The molecule has 0 heterocycles. The van der Waals surface area contributed by atoms with E-state index in [2.05, 4.69) is 31.9 Å². The van der Waals surface area contributed by atoms with Gasteiger partial charge in [-0.3, -0.25) is 14.4 Å². The largest absolute Gasteiger partial charge is 0.487 e. The normalized spacial score (nSPS) is 11.7. The van der Waals surface area contributed by atoms with Crippen LogP contribution in [0.25, 0.3) is 0 Å². The number of carbonyl (C=O) groups is 3. The van der Waals surface area contributed by atoms with Crippen molar-refractivity contribution in [3.63, 3.8) is 0 Å². The van der Waals surface area contributed by atoms with E-state index in [-0.39, 0.29) is 34.1 Å². The third-order valence-electron chi connectivity index (χ3n) is 5.95. The van der Waals surface area contributed by atoms with Gasteiger partial charge in [0.1, 0.15) is 17.8 Å². The first kappa shape index (κ1) is 32.8. The van der Waals surface area contributed by atoms with Gasteiger partial charge in [-0.25, -0.2) is 8.78 Å². The minimum absolute atomic E-state index is 0.00305. The number of carbonyl (C=O) groups excluding carboxylic acids is 3. The predicted molar refractivity (Wildman–Crippen MR) is 151 cm³/mol. The lowest BCUT2D eigenvalue weighted by Crippen LogP contribution is -2.46. The van der Waals surface area contributed by atoms with Crippen LogP contribution in [-0.4, -0.2) is 36.9 Å². The number of hydrogen-bond donors (Lipinski definition) is 3.